The molecule has 20 heavy (non-hydrogen) atoms. The van der Waals surface area contributed by atoms with Crippen molar-refractivity contribution in [3.63, 3.8) is 0 Å². The third kappa shape index (κ3) is 3.45. The number of rotatable bonds is 3. The van der Waals surface area contributed by atoms with Crippen LogP contribution in [-0.2, 0) is 0 Å². The number of nitrogens with one attached hydrogen (secondary N) is 1. The van der Waals surface area contributed by atoms with E-state index in [9.17, 15) is 14.9 Å². The number of non-ortho nitro benzene ring substituents is 1. The van der Waals surface area contributed by atoms with E-state index in [4.69, 9.17) is 11.6 Å². The fraction of sp³-hybridized carbons (Fsp3) is 0. The number of nitro benzene ring substituents is 1. The molecule has 0 unspecified atom stereocenters. The zero-order valence-electron chi connectivity index (χ0n) is 9.97. The summed E-state index contributed by atoms with van der Waals surface area (Å²) in [6, 6.07) is 10.9. The summed E-state index contributed by atoms with van der Waals surface area (Å²) in [5, 5.41) is 13.5. The Morgan fingerprint density at radius 3 is 2.45 bits per heavy atom. The Morgan fingerprint density at radius 2 is 1.85 bits per heavy atom. The summed E-state index contributed by atoms with van der Waals surface area (Å²) in [5.74, 6) is -0.486. The summed E-state index contributed by atoms with van der Waals surface area (Å²) in [7, 11) is 0. The Labute approximate surface area is 133 Å². The second kappa shape index (κ2) is 6.19. The van der Waals surface area contributed by atoms with Crippen molar-refractivity contribution in [2.24, 2.45) is 0 Å². The van der Waals surface area contributed by atoms with Gasteiger partial charge in [0.15, 0.2) is 0 Å². The number of benzene rings is 2. The molecule has 0 saturated carbocycles. The van der Waals surface area contributed by atoms with Gasteiger partial charge < -0.3 is 5.32 Å². The highest BCUT2D eigenvalue weighted by molar-refractivity contribution is 14.1. The molecule has 0 aliphatic rings. The highest BCUT2D eigenvalue weighted by atomic mass is 127. The van der Waals surface area contributed by atoms with Crippen LogP contribution in [0, 0.1) is 13.7 Å². The van der Waals surface area contributed by atoms with E-state index in [-0.39, 0.29) is 16.3 Å². The van der Waals surface area contributed by atoms with Crippen molar-refractivity contribution in [3.8, 4) is 0 Å². The van der Waals surface area contributed by atoms with E-state index in [0.717, 1.165) is 9.64 Å². The normalized spacial score (nSPS) is 10.1. The Kier molecular flexibility index (Phi) is 4.56. The van der Waals surface area contributed by atoms with Crippen LogP contribution in [0.4, 0.5) is 11.4 Å². The summed E-state index contributed by atoms with van der Waals surface area (Å²) in [4.78, 5) is 22.2. The average Bonchev–Trinajstić information content (AvgIpc) is 2.41. The van der Waals surface area contributed by atoms with Crippen LogP contribution in [0.3, 0.4) is 0 Å². The Hall–Kier alpha value is -1.67. The van der Waals surface area contributed by atoms with E-state index in [1.165, 1.54) is 12.1 Å². The fourth-order valence-electron chi connectivity index (χ4n) is 1.53. The molecular weight excluding hydrogens is 395 g/mol. The van der Waals surface area contributed by atoms with E-state index in [0.29, 0.717) is 5.69 Å². The van der Waals surface area contributed by atoms with Crippen LogP contribution in [0.5, 0.6) is 0 Å². The topological polar surface area (TPSA) is 72.2 Å². The molecule has 0 fully saturated rings. The van der Waals surface area contributed by atoms with Gasteiger partial charge in [-0.3, -0.25) is 14.9 Å². The minimum absolute atomic E-state index is 0.0689. The zero-order valence-corrected chi connectivity index (χ0v) is 12.9. The molecule has 0 bridgehead atoms. The second-order valence-electron chi connectivity index (χ2n) is 3.88. The molecule has 7 heteroatoms. The maximum absolute atomic E-state index is 12.1. The lowest BCUT2D eigenvalue weighted by Crippen LogP contribution is -2.12. The molecule has 0 saturated heterocycles. The van der Waals surface area contributed by atoms with Crippen molar-refractivity contribution in [2.45, 2.75) is 0 Å². The Balaban J connectivity index is 2.26. The van der Waals surface area contributed by atoms with E-state index in [1.807, 2.05) is 12.1 Å². The lowest BCUT2D eigenvalue weighted by molar-refractivity contribution is -0.384. The van der Waals surface area contributed by atoms with Gasteiger partial charge in [-0.1, -0.05) is 11.6 Å². The van der Waals surface area contributed by atoms with Gasteiger partial charge in [-0.05, 0) is 52.9 Å². The van der Waals surface area contributed by atoms with Crippen molar-refractivity contribution < 1.29 is 9.72 Å². The number of hydrogen-bond donors (Lipinski definition) is 1. The van der Waals surface area contributed by atoms with Crippen molar-refractivity contribution in [2.75, 3.05) is 5.32 Å². The summed E-state index contributed by atoms with van der Waals surface area (Å²) < 4.78 is 1.04. The molecule has 1 amide bonds. The van der Waals surface area contributed by atoms with Gasteiger partial charge in [0.1, 0.15) is 0 Å². The monoisotopic (exact) mass is 402 g/mol. The maximum Gasteiger partial charge on any atom is 0.270 e. The molecule has 1 N–H and O–H groups in total. The quantitative estimate of drug-likeness (QED) is 0.477. The SMILES string of the molecule is O=C(Nc1ccc(I)cc1)c1cc([N+](=O)[O-])ccc1Cl. The minimum Gasteiger partial charge on any atom is -0.322 e. The highest BCUT2D eigenvalue weighted by Gasteiger charge is 2.15. The molecule has 0 aromatic heterocycles. The number of hydrogen-bond acceptors (Lipinski definition) is 3. The molecule has 2 rings (SSSR count). The molecule has 0 atom stereocenters. The Bertz CT molecular complexity index is 674. The van der Waals surface area contributed by atoms with Crippen molar-refractivity contribution in [1.29, 1.82) is 0 Å². The van der Waals surface area contributed by atoms with Crippen molar-refractivity contribution in [3.05, 3.63) is 66.7 Å². The molecule has 0 radical (unpaired) electrons. The number of nitrogens with zero attached hydrogens (tertiary/aromatic N) is 1. The summed E-state index contributed by atoms with van der Waals surface area (Å²) >= 11 is 8.05. The van der Waals surface area contributed by atoms with Gasteiger partial charge in [0.05, 0.1) is 15.5 Å². The third-order valence-corrected chi connectivity index (χ3v) is 3.56. The first-order valence-corrected chi connectivity index (χ1v) is 6.94. The molecular formula is C13H8ClIN2O3. The molecule has 0 spiro atoms. The number of nitro groups is 1. The van der Waals surface area contributed by atoms with Crippen LogP contribution < -0.4 is 5.32 Å². The first-order valence-electron chi connectivity index (χ1n) is 5.48. The van der Waals surface area contributed by atoms with E-state index in [1.54, 1.807) is 12.1 Å². The second-order valence-corrected chi connectivity index (χ2v) is 5.54. The number of carbonyl (C=O) groups is 1. The van der Waals surface area contributed by atoms with Crippen LogP contribution in [0.15, 0.2) is 42.5 Å². The third-order valence-electron chi connectivity index (χ3n) is 2.51. The van der Waals surface area contributed by atoms with E-state index in [2.05, 4.69) is 27.9 Å². The lowest BCUT2D eigenvalue weighted by Gasteiger charge is -2.06. The average molecular weight is 403 g/mol. The van der Waals surface area contributed by atoms with Gasteiger partial charge >= 0.3 is 0 Å². The van der Waals surface area contributed by atoms with Crippen molar-refractivity contribution in [1.82, 2.24) is 0 Å². The van der Waals surface area contributed by atoms with Gasteiger partial charge in [-0.2, -0.15) is 0 Å². The molecule has 2 aromatic carbocycles. The molecule has 0 heterocycles. The fourth-order valence-corrected chi connectivity index (χ4v) is 2.10. The molecule has 2 aromatic rings. The van der Waals surface area contributed by atoms with Crippen molar-refractivity contribution >= 4 is 51.5 Å². The smallest absolute Gasteiger partial charge is 0.270 e. The van der Waals surface area contributed by atoms with Crippen LogP contribution in [0.25, 0.3) is 0 Å². The minimum atomic E-state index is -0.571. The van der Waals surface area contributed by atoms with Gasteiger partial charge in [0.2, 0.25) is 0 Å². The first-order chi connectivity index (χ1) is 9.47. The van der Waals surface area contributed by atoms with Gasteiger partial charge in [0, 0.05) is 21.4 Å². The molecule has 0 aliphatic heterocycles. The number of halogens is 2. The van der Waals surface area contributed by atoms with Crippen LogP contribution in [0.1, 0.15) is 10.4 Å². The maximum atomic E-state index is 12.1. The van der Waals surface area contributed by atoms with Gasteiger partial charge in [-0.15, -0.1) is 0 Å². The van der Waals surface area contributed by atoms with Gasteiger partial charge in [0.25, 0.3) is 11.6 Å². The molecule has 0 aliphatic carbocycles. The van der Waals surface area contributed by atoms with Crippen LogP contribution in [0.2, 0.25) is 5.02 Å². The molecule has 102 valence electrons. The highest BCUT2D eigenvalue weighted by Crippen LogP contribution is 2.23. The predicted molar refractivity (Wildman–Crippen MR) is 85.2 cm³/mol. The largest absolute Gasteiger partial charge is 0.322 e. The van der Waals surface area contributed by atoms with Crippen LogP contribution >= 0.6 is 34.2 Å². The summed E-state index contributed by atoms with van der Waals surface area (Å²) in [6.07, 6.45) is 0. The summed E-state index contributed by atoms with van der Waals surface area (Å²) in [6.45, 7) is 0. The lowest BCUT2D eigenvalue weighted by atomic mass is 10.2. The number of anilines is 1. The zero-order chi connectivity index (χ0) is 14.7. The number of carbonyl (C=O) groups excluding carboxylic acids is 1. The first kappa shape index (κ1) is 14.7. The predicted octanol–water partition coefficient (Wildman–Crippen LogP) is 4.11. The van der Waals surface area contributed by atoms with Crippen LogP contribution in [-0.4, -0.2) is 10.8 Å². The summed E-state index contributed by atoms with van der Waals surface area (Å²) in [5.41, 5.74) is 0.486. The van der Waals surface area contributed by atoms with E-state index < -0.39 is 10.8 Å². The standard InChI is InChI=1S/C13H8ClIN2O3/c14-12-6-5-10(17(19)20)7-11(12)13(18)16-9-3-1-8(15)2-4-9/h1-7H,(H,16,18). The molecule has 5 nitrogen and oxygen atoms in total. The Morgan fingerprint density at radius 1 is 1.20 bits per heavy atom. The van der Waals surface area contributed by atoms with E-state index >= 15 is 0 Å². The van der Waals surface area contributed by atoms with Gasteiger partial charge in [-0.25, -0.2) is 0 Å². The number of amides is 1.